The molecule has 180 valence electrons. The second-order valence-corrected chi connectivity index (χ2v) is 8.47. The van der Waals surface area contributed by atoms with Gasteiger partial charge in [-0.05, 0) is 56.2 Å². The Morgan fingerprint density at radius 1 is 0.971 bits per heavy atom. The molecule has 7 heteroatoms. The van der Waals surface area contributed by atoms with Crippen LogP contribution < -0.4 is 14.4 Å². The summed E-state index contributed by atoms with van der Waals surface area (Å²) in [5.41, 5.74) is 2.23. The van der Waals surface area contributed by atoms with Crippen LogP contribution >= 0.6 is 11.6 Å². The van der Waals surface area contributed by atoms with E-state index >= 15 is 0 Å². The minimum Gasteiger partial charge on any atom is -0.507 e. The van der Waals surface area contributed by atoms with Gasteiger partial charge < -0.3 is 14.6 Å². The first-order valence-corrected chi connectivity index (χ1v) is 11.8. The van der Waals surface area contributed by atoms with Crippen molar-refractivity contribution in [2.75, 3.05) is 18.1 Å². The summed E-state index contributed by atoms with van der Waals surface area (Å²) in [6, 6.07) is 18.4. The number of ketones is 1. The van der Waals surface area contributed by atoms with Crippen LogP contribution in [0.2, 0.25) is 5.02 Å². The third kappa shape index (κ3) is 4.62. The largest absolute Gasteiger partial charge is 0.507 e. The topological polar surface area (TPSA) is 76.1 Å². The number of hydrogen-bond acceptors (Lipinski definition) is 5. The fourth-order valence-electron chi connectivity index (χ4n) is 4.25. The van der Waals surface area contributed by atoms with Gasteiger partial charge in [-0.25, -0.2) is 0 Å². The number of carbonyl (C=O) groups is 2. The second kappa shape index (κ2) is 10.2. The van der Waals surface area contributed by atoms with Gasteiger partial charge in [-0.3, -0.25) is 14.5 Å². The molecule has 1 aliphatic heterocycles. The van der Waals surface area contributed by atoms with Crippen LogP contribution in [0.15, 0.2) is 72.3 Å². The summed E-state index contributed by atoms with van der Waals surface area (Å²) in [6.07, 6.45) is 0. The van der Waals surface area contributed by atoms with Crippen molar-refractivity contribution in [3.8, 4) is 11.5 Å². The average molecular weight is 492 g/mol. The smallest absolute Gasteiger partial charge is 0.300 e. The van der Waals surface area contributed by atoms with E-state index in [2.05, 4.69) is 0 Å². The van der Waals surface area contributed by atoms with Gasteiger partial charge in [-0.2, -0.15) is 0 Å². The molecule has 1 saturated heterocycles. The molecule has 35 heavy (non-hydrogen) atoms. The molecule has 3 aromatic rings. The standard InChI is InChI=1S/C28H26ClNO5/c1-4-34-20-13-14-21(23(16-20)35-5-2)26(31)24-25(18-9-7-6-8-10-18)30(28(33)27(24)32)22-15-19(29)12-11-17(22)3/h6-16,25,31H,4-5H2,1-3H3/b26-24-. The van der Waals surface area contributed by atoms with Crippen molar-refractivity contribution in [2.24, 2.45) is 0 Å². The fourth-order valence-corrected chi connectivity index (χ4v) is 4.41. The molecule has 1 N–H and O–H groups in total. The third-order valence-electron chi connectivity index (χ3n) is 5.81. The molecule has 1 amide bonds. The van der Waals surface area contributed by atoms with Gasteiger partial charge in [0.05, 0.1) is 30.4 Å². The Labute approximate surface area is 209 Å². The van der Waals surface area contributed by atoms with E-state index < -0.39 is 17.7 Å². The molecule has 0 saturated carbocycles. The van der Waals surface area contributed by atoms with Crippen molar-refractivity contribution >= 4 is 34.7 Å². The molecular weight excluding hydrogens is 466 g/mol. The summed E-state index contributed by atoms with van der Waals surface area (Å²) in [7, 11) is 0. The second-order valence-electron chi connectivity index (χ2n) is 8.03. The molecule has 1 fully saturated rings. The molecule has 6 nitrogen and oxygen atoms in total. The predicted molar refractivity (Wildman–Crippen MR) is 136 cm³/mol. The molecule has 0 radical (unpaired) electrons. The van der Waals surface area contributed by atoms with Gasteiger partial charge in [-0.15, -0.1) is 0 Å². The zero-order valence-corrected chi connectivity index (χ0v) is 20.5. The molecule has 0 aromatic heterocycles. The third-order valence-corrected chi connectivity index (χ3v) is 6.04. The minimum atomic E-state index is -0.852. The summed E-state index contributed by atoms with van der Waals surface area (Å²) in [4.78, 5) is 28.2. The number of rotatable bonds is 7. The van der Waals surface area contributed by atoms with Gasteiger partial charge in [0.15, 0.2) is 0 Å². The Hall–Kier alpha value is -3.77. The quantitative estimate of drug-likeness (QED) is 0.246. The molecule has 1 atom stereocenters. The first-order valence-electron chi connectivity index (χ1n) is 11.4. The lowest BCUT2D eigenvalue weighted by Gasteiger charge is -2.27. The molecule has 4 rings (SSSR count). The Bertz CT molecular complexity index is 1300. The highest BCUT2D eigenvalue weighted by molar-refractivity contribution is 6.52. The van der Waals surface area contributed by atoms with Crippen LogP contribution in [-0.4, -0.2) is 30.0 Å². The van der Waals surface area contributed by atoms with Crippen molar-refractivity contribution in [1.29, 1.82) is 0 Å². The molecule has 0 spiro atoms. The highest BCUT2D eigenvalue weighted by Gasteiger charge is 2.47. The monoisotopic (exact) mass is 491 g/mol. The number of Topliss-reactive ketones (excluding diaryl/α,β-unsaturated/α-hetero) is 1. The average Bonchev–Trinajstić information content (AvgIpc) is 3.12. The van der Waals surface area contributed by atoms with Crippen molar-refractivity contribution in [1.82, 2.24) is 0 Å². The van der Waals surface area contributed by atoms with Gasteiger partial charge in [0.25, 0.3) is 11.7 Å². The molecule has 1 heterocycles. The van der Waals surface area contributed by atoms with Gasteiger partial charge in [0.2, 0.25) is 0 Å². The summed E-state index contributed by atoms with van der Waals surface area (Å²) in [6.45, 7) is 6.34. The number of benzene rings is 3. The van der Waals surface area contributed by atoms with Crippen molar-refractivity contribution < 1.29 is 24.2 Å². The molecular formula is C28H26ClNO5. The highest BCUT2D eigenvalue weighted by Crippen LogP contribution is 2.44. The van der Waals surface area contributed by atoms with E-state index in [9.17, 15) is 14.7 Å². The van der Waals surface area contributed by atoms with Crippen LogP contribution in [0.1, 0.15) is 36.6 Å². The van der Waals surface area contributed by atoms with Gasteiger partial charge in [0.1, 0.15) is 17.3 Å². The number of nitrogens with zero attached hydrogens (tertiary/aromatic N) is 1. The number of carbonyl (C=O) groups excluding carboxylic acids is 2. The number of aliphatic hydroxyl groups excluding tert-OH is 1. The fraction of sp³-hybridized carbons (Fsp3) is 0.214. The maximum Gasteiger partial charge on any atom is 0.300 e. The van der Waals surface area contributed by atoms with E-state index in [4.69, 9.17) is 21.1 Å². The van der Waals surface area contributed by atoms with Crippen molar-refractivity contribution in [3.63, 3.8) is 0 Å². The van der Waals surface area contributed by atoms with E-state index in [0.29, 0.717) is 46.5 Å². The molecule has 0 aliphatic carbocycles. The number of halogens is 1. The lowest BCUT2D eigenvalue weighted by atomic mass is 9.94. The summed E-state index contributed by atoms with van der Waals surface area (Å²) >= 11 is 6.25. The SMILES string of the molecule is CCOc1ccc(/C(O)=C2/C(=O)C(=O)N(c3cc(Cl)ccc3C)C2c2ccccc2)c(OCC)c1. The van der Waals surface area contributed by atoms with Crippen LogP contribution in [0.3, 0.4) is 0 Å². The Morgan fingerprint density at radius 3 is 2.37 bits per heavy atom. The van der Waals surface area contributed by atoms with Gasteiger partial charge in [0, 0.05) is 16.8 Å². The zero-order valence-electron chi connectivity index (χ0n) is 19.7. The maximum absolute atomic E-state index is 13.4. The molecule has 3 aromatic carbocycles. The van der Waals surface area contributed by atoms with Crippen molar-refractivity contribution in [2.45, 2.75) is 26.8 Å². The molecule has 1 unspecified atom stereocenters. The van der Waals surface area contributed by atoms with Crippen molar-refractivity contribution in [3.05, 3.63) is 94.0 Å². The summed E-state index contributed by atoms with van der Waals surface area (Å²) in [5, 5.41) is 11.9. The van der Waals surface area contributed by atoms with Gasteiger partial charge >= 0.3 is 0 Å². The van der Waals surface area contributed by atoms with E-state index in [1.165, 1.54) is 4.90 Å². The first-order chi connectivity index (χ1) is 16.9. The normalized spacial score (nSPS) is 17.0. The van der Waals surface area contributed by atoms with E-state index in [1.54, 1.807) is 36.4 Å². The highest BCUT2D eigenvalue weighted by atomic mass is 35.5. The Kier molecular flexibility index (Phi) is 7.12. The molecule has 1 aliphatic rings. The number of aliphatic hydroxyl groups is 1. The zero-order chi connectivity index (χ0) is 25.1. The Balaban J connectivity index is 1.96. The van der Waals surface area contributed by atoms with Crippen LogP contribution in [0.25, 0.3) is 5.76 Å². The lowest BCUT2D eigenvalue weighted by molar-refractivity contribution is -0.132. The van der Waals surface area contributed by atoms with E-state index in [-0.39, 0.29) is 11.3 Å². The summed E-state index contributed by atoms with van der Waals surface area (Å²) in [5.74, 6) is -0.914. The number of hydrogen-bond donors (Lipinski definition) is 1. The summed E-state index contributed by atoms with van der Waals surface area (Å²) < 4.78 is 11.3. The Morgan fingerprint density at radius 2 is 1.69 bits per heavy atom. The van der Waals surface area contributed by atoms with E-state index in [1.807, 2.05) is 51.1 Å². The number of aryl methyl sites for hydroxylation is 1. The van der Waals surface area contributed by atoms with E-state index in [0.717, 1.165) is 5.56 Å². The lowest BCUT2D eigenvalue weighted by Crippen LogP contribution is -2.30. The van der Waals surface area contributed by atoms with Crippen LogP contribution in [0.5, 0.6) is 11.5 Å². The van der Waals surface area contributed by atoms with Crippen LogP contribution in [0, 0.1) is 6.92 Å². The van der Waals surface area contributed by atoms with Crippen LogP contribution in [-0.2, 0) is 9.59 Å². The first kappa shape index (κ1) is 24.4. The number of anilines is 1. The number of amides is 1. The molecule has 0 bridgehead atoms. The van der Waals surface area contributed by atoms with Gasteiger partial charge in [-0.1, -0.05) is 48.0 Å². The van der Waals surface area contributed by atoms with Crippen LogP contribution in [0.4, 0.5) is 5.69 Å². The minimum absolute atomic E-state index is 0.0225. The number of ether oxygens (including phenoxy) is 2. The predicted octanol–water partition coefficient (Wildman–Crippen LogP) is 6.07. The maximum atomic E-state index is 13.4.